The number of allylic oxidation sites excluding steroid dienone is 1. The molecule has 2 aromatic carbocycles. The average molecular weight is 512 g/mol. The fourth-order valence-corrected chi connectivity index (χ4v) is 6.43. The van der Waals surface area contributed by atoms with Gasteiger partial charge in [0.15, 0.2) is 10.7 Å². The highest BCUT2D eigenvalue weighted by Crippen LogP contribution is 2.43. The fourth-order valence-electron chi connectivity index (χ4n) is 5.45. The first-order valence-electron chi connectivity index (χ1n) is 12.7. The number of hydrogen-bond acceptors (Lipinski definition) is 6. The third-order valence-electron chi connectivity index (χ3n) is 7.27. The van der Waals surface area contributed by atoms with Crippen molar-refractivity contribution in [1.82, 2.24) is 4.57 Å². The Hall–Kier alpha value is -3.84. The number of thiazole rings is 1. The third kappa shape index (κ3) is 3.94. The normalized spacial score (nSPS) is 16.6. The molecule has 0 spiro atoms. The lowest BCUT2D eigenvalue weighted by Crippen LogP contribution is -2.38. The molecule has 0 bridgehead atoms. The van der Waals surface area contributed by atoms with Gasteiger partial charge in [0.05, 0.1) is 23.4 Å². The van der Waals surface area contributed by atoms with Crippen LogP contribution in [0.2, 0.25) is 0 Å². The van der Waals surface area contributed by atoms with Gasteiger partial charge in [-0.25, -0.2) is 4.99 Å². The lowest BCUT2D eigenvalue weighted by Gasteiger charge is -2.31. The fraction of sp³-hybridized carbons (Fsp3) is 0.267. The summed E-state index contributed by atoms with van der Waals surface area (Å²) in [5, 5.41) is 0. The van der Waals surface area contributed by atoms with E-state index in [2.05, 4.69) is 49.1 Å². The molecule has 2 aromatic heterocycles. The van der Waals surface area contributed by atoms with Crippen LogP contribution in [0, 0.1) is 0 Å². The van der Waals surface area contributed by atoms with Crippen LogP contribution < -0.4 is 24.5 Å². The minimum Gasteiger partial charge on any atom is -0.496 e. The Kier molecular flexibility index (Phi) is 6.08. The molecule has 0 radical (unpaired) electrons. The zero-order chi connectivity index (χ0) is 25.5. The third-order valence-corrected chi connectivity index (χ3v) is 8.25. The van der Waals surface area contributed by atoms with Crippen LogP contribution in [-0.4, -0.2) is 24.8 Å². The number of hydrogen-bond donors (Lipinski definition) is 0. The van der Waals surface area contributed by atoms with Gasteiger partial charge in [-0.15, -0.1) is 0 Å². The van der Waals surface area contributed by atoms with Crippen molar-refractivity contribution in [3.63, 3.8) is 0 Å². The van der Waals surface area contributed by atoms with Crippen molar-refractivity contribution in [2.24, 2.45) is 4.99 Å². The number of furan rings is 1. The molecule has 7 heteroatoms. The maximum absolute atomic E-state index is 13.9. The van der Waals surface area contributed by atoms with Crippen LogP contribution in [0.15, 0.2) is 80.4 Å². The molecule has 188 valence electrons. The van der Waals surface area contributed by atoms with E-state index in [4.69, 9.17) is 14.1 Å². The highest BCUT2D eigenvalue weighted by Gasteiger charge is 2.34. The van der Waals surface area contributed by atoms with E-state index in [9.17, 15) is 4.79 Å². The quantitative estimate of drug-likeness (QED) is 0.374. The highest BCUT2D eigenvalue weighted by atomic mass is 32.1. The van der Waals surface area contributed by atoms with Gasteiger partial charge in [-0.2, -0.15) is 0 Å². The standard InChI is InChI=1S/C30H29N3O3S/c1-4-32(5-2)26-17-15-20(36-26)18-25-29(34)33-28(22-12-8-9-13-24(22)35-3)23-16-14-19-10-6-7-11-21(19)27(23)31-30(33)37-25/h6-13,15,17-18,28H,4-5,14,16H2,1-3H3/b25-18-/t28-/m1/s1. The molecule has 0 N–H and O–H groups in total. The summed E-state index contributed by atoms with van der Waals surface area (Å²) in [6, 6.07) is 20.0. The van der Waals surface area contributed by atoms with Gasteiger partial charge < -0.3 is 14.1 Å². The summed E-state index contributed by atoms with van der Waals surface area (Å²) in [5.41, 5.74) is 5.49. The lowest BCUT2D eigenvalue weighted by molar-refractivity contribution is 0.402. The SMILES string of the molecule is CCN(CC)c1ccc(/C=c2\sc3n(c2=O)[C@H](c2ccccc2OC)C2=C(N=3)c3ccccc3CC2)o1. The van der Waals surface area contributed by atoms with Gasteiger partial charge >= 0.3 is 0 Å². The Morgan fingerprint density at radius 1 is 1.08 bits per heavy atom. The van der Waals surface area contributed by atoms with E-state index in [0.717, 1.165) is 60.0 Å². The van der Waals surface area contributed by atoms with E-state index in [1.165, 1.54) is 16.9 Å². The number of anilines is 1. The van der Waals surface area contributed by atoms with Gasteiger partial charge in [-0.05, 0) is 50.0 Å². The van der Waals surface area contributed by atoms with Crippen LogP contribution in [0.25, 0.3) is 11.8 Å². The number of methoxy groups -OCH3 is 1. The Balaban J connectivity index is 1.57. The van der Waals surface area contributed by atoms with Crippen molar-refractivity contribution in [3.8, 4) is 5.75 Å². The molecule has 6 nitrogen and oxygen atoms in total. The van der Waals surface area contributed by atoms with Gasteiger partial charge in [0, 0.05) is 36.4 Å². The van der Waals surface area contributed by atoms with Gasteiger partial charge in [0.1, 0.15) is 11.5 Å². The largest absolute Gasteiger partial charge is 0.496 e. The van der Waals surface area contributed by atoms with Gasteiger partial charge in [0.25, 0.3) is 5.56 Å². The number of ether oxygens (including phenoxy) is 1. The van der Waals surface area contributed by atoms with Crippen LogP contribution in [0.4, 0.5) is 5.88 Å². The van der Waals surface area contributed by atoms with Crippen molar-refractivity contribution >= 4 is 29.0 Å². The summed E-state index contributed by atoms with van der Waals surface area (Å²) in [6.45, 7) is 5.91. The second-order valence-corrected chi connectivity index (χ2v) is 10.2. The van der Waals surface area contributed by atoms with Crippen LogP contribution in [0.3, 0.4) is 0 Å². The highest BCUT2D eigenvalue weighted by molar-refractivity contribution is 7.07. The first-order chi connectivity index (χ1) is 18.1. The van der Waals surface area contributed by atoms with E-state index < -0.39 is 0 Å². The summed E-state index contributed by atoms with van der Waals surface area (Å²) in [4.78, 5) is 21.9. The smallest absolute Gasteiger partial charge is 0.271 e. The Morgan fingerprint density at radius 3 is 2.68 bits per heavy atom. The Bertz CT molecular complexity index is 1690. The molecule has 2 aliphatic rings. The topological polar surface area (TPSA) is 60.0 Å². The first kappa shape index (κ1) is 23.6. The molecule has 37 heavy (non-hydrogen) atoms. The zero-order valence-electron chi connectivity index (χ0n) is 21.2. The van der Waals surface area contributed by atoms with E-state index >= 15 is 0 Å². The van der Waals surface area contributed by atoms with E-state index in [-0.39, 0.29) is 11.6 Å². The molecular formula is C30H29N3O3S. The van der Waals surface area contributed by atoms with Crippen molar-refractivity contribution in [2.75, 3.05) is 25.1 Å². The number of fused-ring (bicyclic) bond motifs is 3. The summed E-state index contributed by atoms with van der Waals surface area (Å²) >= 11 is 1.41. The maximum Gasteiger partial charge on any atom is 0.271 e. The minimum atomic E-state index is -0.277. The number of para-hydroxylation sites is 1. The van der Waals surface area contributed by atoms with E-state index in [1.54, 1.807) is 7.11 Å². The number of nitrogens with zero attached hydrogens (tertiary/aromatic N) is 3. The van der Waals surface area contributed by atoms with Gasteiger partial charge in [-0.1, -0.05) is 53.8 Å². The van der Waals surface area contributed by atoms with Crippen LogP contribution in [0.5, 0.6) is 5.75 Å². The maximum atomic E-state index is 13.9. The molecule has 1 aliphatic heterocycles. The monoisotopic (exact) mass is 511 g/mol. The van der Waals surface area contributed by atoms with Crippen LogP contribution >= 0.6 is 11.3 Å². The second kappa shape index (κ2) is 9.56. The Labute approximate surface area is 219 Å². The molecular weight excluding hydrogens is 482 g/mol. The average Bonchev–Trinajstić information content (AvgIpc) is 3.52. The minimum absolute atomic E-state index is 0.0640. The molecule has 0 amide bonds. The molecule has 6 rings (SSSR count). The summed E-state index contributed by atoms with van der Waals surface area (Å²) in [6.07, 6.45) is 3.60. The summed E-state index contributed by atoms with van der Waals surface area (Å²) < 4.78 is 14.3. The molecule has 0 fully saturated rings. The van der Waals surface area contributed by atoms with Crippen LogP contribution in [-0.2, 0) is 6.42 Å². The second-order valence-electron chi connectivity index (χ2n) is 9.20. The number of rotatable bonds is 6. The van der Waals surface area contributed by atoms with E-state index in [1.807, 2.05) is 41.0 Å². The predicted molar refractivity (Wildman–Crippen MR) is 148 cm³/mol. The summed E-state index contributed by atoms with van der Waals surface area (Å²) in [5.74, 6) is 2.24. The number of benzene rings is 2. The van der Waals surface area contributed by atoms with Crippen molar-refractivity contribution in [1.29, 1.82) is 0 Å². The molecule has 0 unspecified atom stereocenters. The summed E-state index contributed by atoms with van der Waals surface area (Å²) in [7, 11) is 1.68. The molecule has 3 heterocycles. The zero-order valence-corrected chi connectivity index (χ0v) is 22.0. The molecule has 1 atom stereocenters. The van der Waals surface area contributed by atoms with Crippen molar-refractivity contribution in [3.05, 3.63) is 108 Å². The molecule has 0 saturated heterocycles. The van der Waals surface area contributed by atoms with Crippen molar-refractivity contribution in [2.45, 2.75) is 32.7 Å². The van der Waals surface area contributed by atoms with Gasteiger partial charge in [-0.3, -0.25) is 9.36 Å². The van der Waals surface area contributed by atoms with Crippen molar-refractivity contribution < 1.29 is 9.15 Å². The Morgan fingerprint density at radius 2 is 1.86 bits per heavy atom. The van der Waals surface area contributed by atoms with Crippen LogP contribution in [0.1, 0.15) is 48.8 Å². The number of aromatic nitrogens is 1. The molecule has 0 saturated carbocycles. The van der Waals surface area contributed by atoms with Gasteiger partial charge in [0.2, 0.25) is 0 Å². The number of aryl methyl sites for hydroxylation is 1. The predicted octanol–water partition coefficient (Wildman–Crippen LogP) is 4.77. The molecule has 1 aliphatic carbocycles. The van der Waals surface area contributed by atoms with E-state index in [0.29, 0.717) is 15.1 Å². The lowest BCUT2D eigenvalue weighted by atomic mass is 9.83. The molecule has 4 aromatic rings. The first-order valence-corrected chi connectivity index (χ1v) is 13.5.